The van der Waals surface area contributed by atoms with E-state index in [1.807, 2.05) is 6.92 Å². The third-order valence-corrected chi connectivity index (χ3v) is 5.97. The SMILES string of the molecule is Cc1cc2c(cc1C=C1C(=O)N(C)C(=O)N(C)C1=O)C(C)CC(C)(C)N2C. The standard InChI is InChI=1S/C21H27N3O3/c1-12-8-17-15(13(2)11-21(3,4)24(17)7)9-14(12)10-16-18(25)22(5)20(27)23(6)19(16)26/h8-10,13H,11H2,1-7H3. The number of hydrogen-bond acceptors (Lipinski definition) is 4. The second kappa shape index (κ2) is 6.22. The van der Waals surface area contributed by atoms with Crippen molar-refractivity contribution < 1.29 is 14.4 Å². The van der Waals surface area contributed by atoms with Crippen molar-refractivity contribution in [3.05, 3.63) is 34.4 Å². The Morgan fingerprint density at radius 3 is 2.15 bits per heavy atom. The number of likely N-dealkylation sites (N-methyl/N-ethyl adjacent to an activating group) is 2. The fourth-order valence-electron chi connectivity index (χ4n) is 4.02. The lowest BCUT2D eigenvalue weighted by atomic mass is 9.79. The molecule has 0 N–H and O–H groups in total. The van der Waals surface area contributed by atoms with E-state index < -0.39 is 17.8 Å². The predicted molar refractivity (Wildman–Crippen MR) is 106 cm³/mol. The van der Waals surface area contributed by atoms with Crippen LogP contribution in [0.3, 0.4) is 0 Å². The van der Waals surface area contributed by atoms with E-state index in [2.05, 4.69) is 44.9 Å². The molecule has 0 aliphatic carbocycles. The van der Waals surface area contributed by atoms with E-state index in [1.54, 1.807) is 6.08 Å². The molecule has 4 amide bonds. The molecule has 1 fully saturated rings. The second-order valence-corrected chi connectivity index (χ2v) is 8.31. The van der Waals surface area contributed by atoms with Gasteiger partial charge in [-0.1, -0.05) is 6.92 Å². The molecule has 0 radical (unpaired) electrons. The smallest absolute Gasteiger partial charge is 0.333 e. The summed E-state index contributed by atoms with van der Waals surface area (Å²) in [5.74, 6) is -0.758. The number of fused-ring (bicyclic) bond motifs is 1. The van der Waals surface area contributed by atoms with Crippen LogP contribution in [0.4, 0.5) is 10.5 Å². The zero-order chi connectivity index (χ0) is 20.3. The summed E-state index contributed by atoms with van der Waals surface area (Å²) in [6.45, 7) is 8.65. The number of amides is 4. The number of benzene rings is 1. The van der Waals surface area contributed by atoms with Crippen molar-refractivity contribution in [1.82, 2.24) is 9.80 Å². The Bertz CT molecular complexity index is 859. The molecular formula is C21H27N3O3. The summed E-state index contributed by atoms with van der Waals surface area (Å²) in [5.41, 5.74) is 4.30. The highest BCUT2D eigenvalue weighted by Gasteiger charge is 2.38. The van der Waals surface area contributed by atoms with Crippen LogP contribution < -0.4 is 4.90 Å². The summed E-state index contributed by atoms with van der Waals surface area (Å²) in [4.78, 5) is 41.1. The molecule has 2 aliphatic rings. The van der Waals surface area contributed by atoms with Gasteiger partial charge in [-0.2, -0.15) is 0 Å². The highest BCUT2D eigenvalue weighted by Crippen LogP contribution is 2.43. The molecule has 6 nitrogen and oxygen atoms in total. The largest absolute Gasteiger partial charge is 0.369 e. The van der Waals surface area contributed by atoms with Gasteiger partial charge in [0.05, 0.1) is 0 Å². The fourth-order valence-corrected chi connectivity index (χ4v) is 4.02. The summed E-state index contributed by atoms with van der Waals surface area (Å²) in [6.07, 6.45) is 2.64. The Balaban J connectivity index is 2.10. The number of barbiturate groups is 1. The van der Waals surface area contributed by atoms with Crippen LogP contribution >= 0.6 is 0 Å². The number of imide groups is 2. The zero-order valence-electron chi connectivity index (χ0n) is 17.1. The Morgan fingerprint density at radius 2 is 1.59 bits per heavy atom. The number of carbonyl (C=O) groups excluding carboxylic acids is 3. The lowest BCUT2D eigenvalue weighted by Crippen LogP contribution is -2.52. The van der Waals surface area contributed by atoms with Gasteiger partial charge in [0.15, 0.2) is 0 Å². The van der Waals surface area contributed by atoms with E-state index in [1.165, 1.54) is 25.3 Å². The first-order valence-electron chi connectivity index (χ1n) is 9.16. The van der Waals surface area contributed by atoms with Crippen molar-refractivity contribution >= 4 is 29.6 Å². The molecule has 0 aromatic heterocycles. The van der Waals surface area contributed by atoms with Crippen LogP contribution in [-0.4, -0.2) is 54.3 Å². The molecular weight excluding hydrogens is 342 g/mol. The van der Waals surface area contributed by atoms with Gasteiger partial charge < -0.3 is 4.90 Å². The van der Waals surface area contributed by atoms with Gasteiger partial charge in [-0.25, -0.2) is 4.79 Å². The van der Waals surface area contributed by atoms with Gasteiger partial charge in [0.25, 0.3) is 11.8 Å². The van der Waals surface area contributed by atoms with Crippen LogP contribution in [0.15, 0.2) is 17.7 Å². The van der Waals surface area contributed by atoms with E-state index in [0.717, 1.165) is 27.3 Å². The van der Waals surface area contributed by atoms with E-state index in [-0.39, 0.29) is 11.1 Å². The minimum Gasteiger partial charge on any atom is -0.369 e. The van der Waals surface area contributed by atoms with Crippen molar-refractivity contribution in [3.63, 3.8) is 0 Å². The average molecular weight is 369 g/mol. The Hall–Kier alpha value is -2.63. The van der Waals surface area contributed by atoms with Gasteiger partial charge in [-0.05, 0) is 68.0 Å². The van der Waals surface area contributed by atoms with Crippen molar-refractivity contribution in [2.45, 2.75) is 45.6 Å². The predicted octanol–water partition coefficient (Wildman–Crippen LogP) is 3.15. The van der Waals surface area contributed by atoms with Gasteiger partial charge in [0, 0.05) is 32.4 Å². The van der Waals surface area contributed by atoms with Crippen molar-refractivity contribution in [1.29, 1.82) is 0 Å². The molecule has 1 unspecified atom stereocenters. The maximum atomic E-state index is 12.5. The van der Waals surface area contributed by atoms with Crippen LogP contribution in [0.2, 0.25) is 0 Å². The third kappa shape index (κ3) is 2.93. The number of nitrogens with zero attached hydrogens (tertiary/aromatic N) is 3. The average Bonchev–Trinajstić information content (AvgIpc) is 2.60. The molecule has 6 heteroatoms. The summed E-state index contributed by atoms with van der Waals surface area (Å²) >= 11 is 0. The minimum atomic E-state index is -0.609. The van der Waals surface area contributed by atoms with E-state index in [9.17, 15) is 14.4 Å². The molecule has 1 saturated heterocycles. The highest BCUT2D eigenvalue weighted by atomic mass is 16.2. The molecule has 0 spiro atoms. The van der Waals surface area contributed by atoms with Gasteiger partial charge in [0.1, 0.15) is 5.57 Å². The van der Waals surface area contributed by atoms with Crippen molar-refractivity contribution in [3.8, 4) is 0 Å². The molecule has 1 atom stereocenters. The molecule has 1 aromatic carbocycles. The number of carbonyl (C=O) groups is 3. The first-order chi connectivity index (χ1) is 12.5. The summed E-state index contributed by atoms with van der Waals surface area (Å²) < 4.78 is 0. The summed E-state index contributed by atoms with van der Waals surface area (Å²) in [5, 5.41) is 0. The number of anilines is 1. The van der Waals surface area contributed by atoms with Gasteiger partial charge in [-0.15, -0.1) is 0 Å². The summed E-state index contributed by atoms with van der Waals surface area (Å²) in [6, 6.07) is 3.59. The monoisotopic (exact) mass is 369 g/mol. The number of urea groups is 1. The molecule has 0 saturated carbocycles. The minimum absolute atomic E-state index is 0.0137. The zero-order valence-corrected chi connectivity index (χ0v) is 17.1. The van der Waals surface area contributed by atoms with E-state index >= 15 is 0 Å². The number of rotatable bonds is 1. The van der Waals surface area contributed by atoms with Crippen LogP contribution in [0.5, 0.6) is 0 Å². The lowest BCUT2D eigenvalue weighted by molar-refractivity contribution is -0.134. The van der Waals surface area contributed by atoms with Crippen LogP contribution in [0.1, 0.15) is 49.8 Å². The first-order valence-corrected chi connectivity index (χ1v) is 9.16. The lowest BCUT2D eigenvalue weighted by Gasteiger charge is -2.45. The maximum absolute atomic E-state index is 12.5. The first kappa shape index (κ1) is 19.1. The highest BCUT2D eigenvalue weighted by molar-refractivity contribution is 6.30. The molecule has 0 bridgehead atoms. The van der Waals surface area contributed by atoms with Crippen LogP contribution in [0.25, 0.3) is 6.08 Å². The van der Waals surface area contributed by atoms with Gasteiger partial charge in [0.2, 0.25) is 0 Å². The van der Waals surface area contributed by atoms with Gasteiger partial charge >= 0.3 is 6.03 Å². The maximum Gasteiger partial charge on any atom is 0.333 e. The Morgan fingerprint density at radius 1 is 1.04 bits per heavy atom. The molecule has 144 valence electrons. The molecule has 2 heterocycles. The van der Waals surface area contributed by atoms with Crippen molar-refractivity contribution in [2.24, 2.45) is 0 Å². The Labute approximate surface area is 160 Å². The van der Waals surface area contributed by atoms with Gasteiger partial charge in [-0.3, -0.25) is 19.4 Å². The third-order valence-electron chi connectivity index (χ3n) is 5.97. The van der Waals surface area contributed by atoms with Crippen LogP contribution in [-0.2, 0) is 9.59 Å². The fraction of sp³-hybridized carbons (Fsp3) is 0.476. The van der Waals surface area contributed by atoms with E-state index in [4.69, 9.17) is 0 Å². The molecule has 27 heavy (non-hydrogen) atoms. The van der Waals surface area contributed by atoms with Crippen molar-refractivity contribution in [2.75, 3.05) is 26.0 Å². The quantitative estimate of drug-likeness (QED) is 0.564. The normalized spacial score (nSPS) is 22.3. The topological polar surface area (TPSA) is 60.9 Å². The van der Waals surface area contributed by atoms with Crippen LogP contribution in [0, 0.1) is 6.92 Å². The summed E-state index contributed by atoms with van der Waals surface area (Å²) in [7, 11) is 4.88. The molecule has 2 aliphatic heterocycles. The molecule has 3 rings (SSSR count). The molecule has 1 aromatic rings. The number of hydrogen-bond donors (Lipinski definition) is 0. The van der Waals surface area contributed by atoms with E-state index in [0.29, 0.717) is 5.92 Å². The number of aryl methyl sites for hydroxylation is 1. The Kier molecular flexibility index (Phi) is 4.41. The second-order valence-electron chi connectivity index (χ2n) is 8.31.